The molecule has 9 nitrogen and oxygen atoms in total. The van der Waals surface area contributed by atoms with Gasteiger partial charge in [0.1, 0.15) is 11.4 Å². The van der Waals surface area contributed by atoms with Gasteiger partial charge in [0.15, 0.2) is 0 Å². The normalized spacial score (nSPS) is 16.9. The average Bonchev–Trinajstić information content (AvgIpc) is 2.72. The molecule has 0 N–H and O–H groups in total. The first-order valence-electron chi connectivity index (χ1n) is 10.2. The molecule has 1 unspecified atom stereocenters. The van der Waals surface area contributed by atoms with E-state index in [0.29, 0.717) is 43.8 Å². The van der Waals surface area contributed by atoms with E-state index < -0.39 is 10.5 Å². The average molecular weight is 428 g/mol. The van der Waals surface area contributed by atoms with Crippen molar-refractivity contribution in [2.45, 2.75) is 32.4 Å². The summed E-state index contributed by atoms with van der Waals surface area (Å²) in [6.45, 7) is 11.5. The van der Waals surface area contributed by atoms with Crippen molar-refractivity contribution in [2.24, 2.45) is 0 Å². The summed E-state index contributed by atoms with van der Waals surface area (Å²) in [7, 11) is 0. The molecule has 3 rings (SSSR count). The number of rotatable bonds is 6. The van der Waals surface area contributed by atoms with Gasteiger partial charge >= 0.3 is 6.09 Å². The third kappa shape index (κ3) is 5.69. The van der Waals surface area contributed by atoms with Gasteiger partial charge in [0, 0.05) is 37.2 Å². The summed E-state index contributed by atoms with van der Waals surface area (Å²) in [5.74, 6) is 0.734. The van der Waals surface area contributed by atoms with Crippen molar-refractivity contribution in [3.05, 3.63) is 53.1 Å². The third-order valence-corrected chi connectivity index (χ3v) is 4.84. The Bertz CT molecular complexity index is 972. The zero-order chi connectivity index (χ0) is 22.6. The summed E-state index contributed by atoms with van der Waals surface area (Å²) in [6.07, 6.45) is 1.33. The van der Waals surface area contributed by atoms with Gasteiger partial charge in [0.05, 0.1) is 29.7 Å². The van der Waals surface area contributed by atoms with E-state index in [0.717, 1.165) is 5.82 Å². The lowest BCUT2D eigenvalue weighted by Crippen LogP contribution is -2.57. The molecule has 9 heteroatoms. The van der Waals surface area contributed by atoms with Crippen LogP contribution in [0.1, 0.15) is 20.8 Å². The Morgan fingerprint density at radius 2 is 2.10 bits per heavy atom. The van der Waals surface area contributed by atoms with Gasteiger partial charge in [-0.3, -0.25) is 10.1 Å². The highest BCUT2D eigenvalue weighted by Crippen LogP contribution is 2.25. The molecule has 1 amide bonds. The van der Waals surface area contributed by atoms with Crippen LogP contribution in [0.2, 0.25) is 0 Å². The molecule has 0 aliphatic carbocycles. The number of carbonyl (C=O) groups excluding carboxylic acids is 1. The topological polar surface area (TPSA) is 98.0 Å². The summed E-state index contributed by atoms with van der Waals surface area (Å²) < 4.78 is 11.2. The molecule has 0 saturated carbocycles. The Morgan fingerprint density at radius 3 is 2.77 bits per heavy atom. The van der Waals surface area contributed by atoms with Crippen LogP contribution in [0.3, 0.4) is 0 Å². The molecule has 2 aromatic rings. The minimum Gasteiger partial charge on any atom is -0.444 e. The second-order valence-corrected chi connectivity index (χ2v) is 8.40. The largest absolute Gasteiger partial charge is 0.444 e. The zero-order valence-corrected chi connectivity index (χ0v) is 18.1. The molecule has 1 aliphatic rings. The summed E-state index contributed by atoms with van der Waals surface area (Å²) >= 11 is 0. The second kappa shape index (κ2) is 9.30. The fraction of sp³-hybridized carbons (Fsp3) is 0.455. The van der Waals surface area contributed by atoms with Crippen LogP contribution in [-0.4, -0.2) is 65.4 Å². The lowest BCUT2D eigenvalue weighted by molar-refractivity contribution is -0.384. The Morgan fingerprint density at radius 1 is 1.32 bits per heavy atom. The minimum absolute atomic E-state index is 0.0312. The Balaban J connectivity index is 1.82. The van der Waals surface area contributed by atoms with Crippen molar-refractivity contribution in [3.63, 3.8) is 0 Å². The number of pyridine rings is 1. The summed E-state index contributed by atoms with van der Waals surface area (Å²) in [5.41, 5.74) is 0.137. The van der Waals surface area contributed by atoms with E-state index in [9.17, 15) is 14.9 Å². The number of non-ortho nitro benzene ring substituents is 1. The summed E-state index contributed by atoms with van der Waals surface area (Å²) in [5, 5.41) is 11.7. The number of anilines is 1. The fourth-order valence-corrected chi connectivity index (χ4v) is 3.46. The fourth-order valence-electron chi connectivity index (χ4n) is 3.46. The molecule has 1 aromatic heterocycles. The van der Waals surface area contributed by atoms with Crippen LogP contribution in [0, 0.1) is 10.1 Å². The highest BCUT2D eigenvalue weighted by molar-refractivity contribution is 5.82. The van der Waals surface area contributed by atoms with E-state index in [2.05, 4.69) is 11.5 Å². The SMILES string of the molecule is C=CCOCC1CN(C(=O)OC(C)(C)C)CCN1c1ccc2cc([N+](=O)[O-])ccc2n1. The Hall–Kier alpha value is -3.20. The highest BCUT2D eigenvalue weighted by Gasteiger charge is 2.33. The molecule has 1 aliphatic heterocycles. The zero-order valence-electron chi connectivity index (χ0n) is 18.1. The molecule has 31 heavy (non-hydrogen) atoms. The molecule has 1 aromatic carbocycles. The summed E-state index contributed by atoms with van der Waals surface area (Å²) in [6, 6.07) is 8.16. The number of nitro groups is 1. The third-order valence-electron chi connectivity index (χ3n) is 4.84. The molecule has 2 heterocycles. The maximum absolute atomic E-state index is 12.6. The quantitative estimate of drug-likeness (QED) is 0.299. The first-order valence-corrected chi connectivity index (χ1v) is 10.2. The number of piperazine rings is 1. The van der Waals surface area contributed by atoms with Gasteiger partial charge in [-0.15, -0.1) is 6.58 Å². The van der Waals surface area contributed by atoms with Crippen molar-refractivity contribution >= 4 is 28.5 Å². The lowest BCUT2D eigenvalue weighted by atomic mass is 10.1. The number of nitrogens with zero attached hydrogens (tertiary/aromatic N) is 4. The highest BCUT2D eigenvalue weighted by atomic mass is 16.6. The van der Waals surface area contributed by atoms with Crippen LogP contribution < -0.4 is 4.90 Å². The molecular formula is C22H28N4O5. The summed E-state index contributed by atoms with van der Waals surface area (Å²) in [4.78, 5) is 31.6. The van der Waals surface area contributed by atoms with Crippen LogP contribution in [0.25, 0.3) is 10.9 Å². The predicted octanol–water partition coefficient (Wildman–Crippen LogP) is 3.77. The van der Waals surface area contributed by atoms with E-state index in [1.54, 1.807) is 17.0 Å². The van der Waals surface area contributed by atoms with Crippen molar-refractivity contribution < 1.29 is 19.2 Å². The molecule has 0 spiro atoms. The standard InChI is InChI=1S/C22H28N4O5/c1-5-12-30-15-18-14-24(21(27)31-22(2,3)4)10-11-25(18)20-9-6-16-13-17(26(28)29)7-8-19(16)23-20/h5-9,13,18H,1,10-12,14-15H2,2-4H3. The van der Waals surface area contributed by atoms with E-state index in [4.69, 9.17) is 14.5 Å². The monoisotopic (exact) mass is 428 g/mol. The van der Waals surface area contributed by atoms with Crippen LogP contribution in [-0.2, 0) is 9.47 Å². The molecule has 1 saturated heterocycles. The molecule has 1 atom stereocenters. The van der Waals surface area contributed by atoms with E-state index in [1.165, 1.54) is 12.1 Å². The number of hydrogen-bond donors (Lipinski definition) is 0. The Labute approximate surface area is 181 Å². The van der Waals surface area contributed by atoms with Gasteiger partial charge in [-0.05, 0) is 39.0 Å². The minimum atomic E-state index is -0.564. The second-order valence-electron chi connectivity index (χ2n) is 8.40. The van der Waals surface area contributed by atoms with Crippen LogP contribution in [0.15, 0.2) is 43.0 Å². The maximum atomic E-state index is 12.6. The molecule has 0 bridgehead atoms. The van der Waals surface area contributed by atoms with Gasteiger partial charge in [-0.25, -0.2) is 9.78 Å². The van der Waals surface area contributed by atoms with Crippen molar-refractivity contribution in [1.29, 1.82) is 0 Å². The van der Waals surface area contributed by atoms with Crippen LogP contribution in [0.5, 0.6) is 0 Å². The molecule has 166 valence electrons. The number of nitro benzene ring substituents is 1. The number of hydrogen-bond acceptors (Lipinski definition) is 7. The van der Waals surface area contributed by atoms with Gasteiger partial charge in [-0.1, -0.05) is 6.08 Å². The maximum Gasteiger partial charge on any atom is 0.410 e. The van der Waals surface area contributed by atoms with Crippen LogP contribution in [0.4, 0.5) is 16.3 Å². The van der Waals surface area contributed by atoms with Gasteiger partial charge in [0.25, 0.3) is 5.69 Å². The van der Waals surface area contributed by atoms with E-state index in [-0.39, 0.29) is 17.8 Å². The van der Waals surface area contributed by atoms with E-state index in [1.807, 2.05) is 32.9 Å². The number of aromatic nitrogens is 1. The Kier molecular flexibility index (Phi) is 6.74. The molecule has 1 fully saturated rings. The predicted molar refractivity (Wildman–Crippen MR) is 118 cm³/mol. The lowest BCUT2D eigenvalue weighted by Gasteiger charge is -2.42. The number of amides is 1. The van der Waals surface area contributed by atoms with Crippen molar-refractivity contribution in [1.82, 2.24) is 9.88 Å². The number of ether oxygens (including phenoxy) is 2. The van der Waals surface area contributed by atoms with Crippen molar-refractivity contribution in [2.75, 3.05) is 37.7 Å². The molecular weight excluding hydrogens is 400 g/mol. The van der Waals surface area contributed by atoms with Crippen LogP contribution >= 0.6 is 0 Å². The van der Waals surface area contributed by atoms with Gasteiger partial charge < -0.3 is 19.3 Å². The van der Waals surface area contributed by atoms with Gasteiger partial charge in [-0.2, -0.15) is 0 Å². The number of carbonyl (C=O) groups is 1. The van der Waals surface area contributed by atoms with Gasteiger partial charge in [0.2, 0.25) is 0 Å². The smallest absolute Gasteiger partial charge is 0.410 e. The van der Waals surface area contributed by atoms with Crippen molar-refractivity contribution in [3.8, 4) is 0 Å². The first kappa shape index (κ1) is 22.5. The molecule has 0 radical (unpaired) electrons. The van der Waals surface area contributed by atoms with E-state index >= 15 is 0 Å². The number of fused-ring (bicyclic) bond motifs is 1. The number of benzene rings is 1. The first-order chi connectivity index (χ1) is 14.7.